The van der Waals surface area contributed by atoms with E-state index < -0.39 is 59.8 Å². The van der Waals surface area contributed by atoms with Crippen molar-refractivity contribution in [3.63, 3.8) is 0 Å². The molecule has 1 aromatic heterocycles. The van der Waals surface area contributed by atoms with Crippen LogP contribution < -0.4 is 19.9 Å². The molecule has 230 valence electrons. The van der Waals surface area contributed by atoms with Crippen molar-refractivity contribution in [1.29, 1.82) is 0 Å². The van der Waals surface area contributed by atoms with Gasteiger partial charge in [-0.2, -0.15) is 13.2 Å². The van der Waals surface area contributed by atoms with Crippen molar-refractivity contribution < 1.29 is 46.5 Å². The van der Waals surface area contributed by atoms with E-state index in [9.17, 15) is 32.3 Å². The summed E-state index contributed by atoms with van der Waals surface area (Å²) in [4.78, 5) is 28.3. The third-order valence-corrected chi connectivity index (χ3v) is 7.57. The number of ketones is 1. The number of aromatic nitrogens is 1. The number of rotatable bonds is 10. The number of aliphatic hydroxyl groups is 1. The summed E-state index contributed by atoms with van der Waals surface area (Å²) in [6.45, 7) is 5.05. The number of benzene rings is 2. The highest BCUT2D eigenvalue weighted by atomic mass is 19.4. The topological polar surface area (TPSA) is 121 Å². The highest BCUT2D eigenvalue weighted by Crippen LogP contribution is 2.48. The maximum atomic E-state index is 14.7. The molecule has 8 nitrogen and oxygen atoms in total. The van der Waals surface area contributed by atoms with Crippen LogP contribution in [0.1, 0.15) is 60.3 Å². The van der Waals surface area contributed by atoms with Crippen LogP contribution in [-0.2, 0) is 15.8 Å². The van der Waals surface area contributed by atoms with Crippen molar-refractivity contribution in [2.75, 3.05) is 20.3 Å². The minimum Gasteiger partial charge on any atom is -0.493 e. The second-order valence-corrected chi connectivity index (χ2v) is 11.1. The molecule has 0 bridgehead atoms. The summed E-state index contributed by atoms with van der Waals surface area (Å²) in [5.41, 5.74) is 1.26. The number of aryl methyl sites for hydroxylation is 1. The number of primary amides is 1. The molecule has 1 aliphatic rings. The average molecular weight is 605 g/mol. The van der Waals surface area contributed by atoms with E-state index in [2.05, 4.69) is 4.98 Å². The fourth-order valence-corrected chi connectivity index (χ4v) is 4.89. The molecule has 3 N–H and O–H groups in total. The Bertz CT molecular complexity index is 1560. The highest BCUT2D eigenvalue weighted by molar-refractivity contribution is 5.96. The van der Waals surface area contributed by atoms with Gasteiger partial charge in [0.1, 0.15) is 17.3 Å². The summed E-state index contributed by atoms with van der Waals surface area (Å²) >= 11 is 0. The number of Topliss-reactive ketones (excluding diaryl/α,β-unsaturated/α-hetero) is 1. The Hall–Kier alpha value is -4.19. The van der Waals surface area contributed by atoms with Crippen molar-refractivity contribution in [2.24, 2.45) is 5.73 Å². The van der Waals surface area contributed by atoms with Crippen LogP contribution in [0.3, 0.4) is 0 Å². The maximum Gasteiger partial charge on any atom is 0.422 e. The van der Waals surface area contributed by atoms with E-state index in [4.69, 9.17) is 19.9 Å². The molecule has 2 aromatic carbocycles. The van der Waals surface area contributed by atoms with Gasteiger partial charge in [0.05, 0.1) is 19.4 Å². The quantitative estimate of drug-likeness (QED) is 0.230. The zero-order valence-corrected chi connectivity index (χ0v) is 24.1. The summed E-state index contributed by atoms with van der Waals surface area (Å²) in [6.07, 6.45) is -6.46. The lowest BCUT2D eigenvalue weighted by Crippen LogP contribution is -2.44. The van der Waals surface area contributed by atoms with Crippen LogP contribution >= 0.6 is 0 Å². The molecular weight excluding hydrogens is 572 g/mol. The van der Waals surface area contributed by atoms with E-state index in [-0.39, 0.29) is 34.1 Å². The SMILES string of the molecule is COc1cc(C(=O)CCC(O)(c2cc3c(c(-c4ccc(F)c(C)c4)n2)OCCC3(C)C)C(F)(F)F)ccc1OCC(N)=O. The largest absolute Gasteiger partial charge is 0.493 e. The Labute approximate surface area is 245 Å². The summed E-state index contributed by atoms with van der Waals surface area (Å²) in [5.74, 6) is -1.51. The van der Waals surface area contributed by atoms with E-state index in [1.165, 1.54) is 56.5 Å². The number of alkyl halides is 3. The number of ether oxygens (including phenoxy) is 3. The zero-order chi connectivity index (χ0) is 31.7. The Morgan fingerprint density at radius 1 is 1.12 bits per heavy atom. The molecule has 0 aliphatic carbocycles. The smallest absolute Gasteiger partial charge is 0.422 e. The number of nitrogens with zero attached hydrogens (tertiary/aromatic N) is 1. The number of hydrogen-bond acceptors (Lipinski definition) is 7. The Kier molecular flexibility index (Phi) is 8.73. The third-order valence-electron chi connectivity index (χ3n) is 7.57. The van der Waals surface area contributed by atoms with Gasteiger partial charge in [-0.3, -0.25) is 9.59 Å². The molecule has 3 aromatic rings. The second-order valence-electron chi connectivity index (χ2n) is 11.1. The van der Waals surface area contributed by atoms with Gasteiger partial charge in [-0.25, -0.2) is 9.37 Å². The molecule has 2 heterocycles. The van der Waals surface area contributed by atoms with Gasteiger partial charge >= 0.3 is 6.18 Å². The molecule has 0 radical (unpaired) electrons. The van der Waals surface area contributed by atoms with Crippen molar-refractivity contribution in [1.82, 2.24) is 4.98 Å². The van der Waals surface area contributed by atoms with Gasteiger partial charge in [0.15, 0.2) is 23.9 Å². The number of methoxy groups -OCH3 is 1. The van der Waals surface area contributed by atoms with Crippen LogP contribution in [0.25, 0.3) is 11.3 Å². The number of carbonyl (C=O) groups excluding carboxylic acids is 2. The van der Waals surface area contributed by atoms with Crippen LogP contribution in [0.5, 0.6) is 17.2 Å². The molecule has 0 saturated carbocycles. The number of halogens is 4. The van der Waals surface area contributed by atoms with Gasteiger partial charge in [0.25, 0.3) is 5.91 Å². The Morgan fingerprint density at radius 3 is 2.47 bits per heavy atom. The third kappa shape index (κ3) is 6.43. The van der Waals surface area contributed by atoms with Crippen LogP contribution in [-0.4, -0.2) is 48.3 Å². The van der Waals surface area contributed by atoms with Crippen LogP contribution in [0.15, 0.2) is 42.5 Å². The van der Waals surface area contributed by atoms with Gasteiger partial charge in [-0.1, -0.05) is 13.8 Å². The van der Waals surface area contributed by atoms with Gasteiger partial charge in [-0.15, -0.1) is 0 Å². The molecule has 1 aliphatic heterocycles. The summed E-state index contributed by atoms with van der Waals surface area (Å²) in [5, 5.41) is 11.3. The summed E-state index contributed by atoms with van der Waals surface area (Å²) in [6, 6.07) is 9.10. The first-order chi connectivity index (χ1) is 20.1. The van der Waals surface area contributed by atoms with E-state index in [1.54, 1.807) is 0 Å². The number of pyridine rings is 1. The number of hydrogen-bond donors (Lipinski definition) is 2. The summed E-state index contributed by atoms with van der Waals surface area (Å²) in [7, 11) is 1.29. The lowest BCUT2D eigenvalue weighted by atomic mass is 9.77. The van der Waals surface area contributed by atoms with Crippen molar-refractivity contribution >= 4 is 11.7 Å². The Balaban J connectivity index is 1.74. The summed E-state index contributed by atoms with van der Waals surface area (Å²) < 4.78 is 74.4. The number of carbonyl (C=O) groups is 2. The fraction of sp³-hybridized carbons (Fsp3) is 0.387. The first-order valence-corrected chi connectivity index (χ1v) is 13.4. The highest BCUT2D eigenvalue weighted by Gasteiger charge is 2.56. The molecule has 0 saturated heterocycles. The predicted octanol–water partition coefficient (Wildman–Crippen LogP) is 5.54. The van der Waals surface area contributed by atoms with Gasteiger partial charge in [0.2, 0.25) is 5.60 Å². The zero-order valence-electron chi connectivity index (χ0n) is 24.1. The standard InChI is InChI=1S/C31H32F4N2O6/c1-17-13-19(5-7-21(17)32)27-28-20(29(2,3)11-12-42-28)15-25(37-27)30(40,31(33,34)35)10-9-22(38)18-6-8-23(24(14-18)41-4)43-16-26(36)39/h5-8,13-15,40H,9-12,16H2,1-4H3,(H2,36,39). The van der Waals surface area contributed by atoms with Gasteiger partial charge in [0, 0.05) is 23.1 Å². The van der Waals surface area contributed by atoms with Crippen molar-refractivity contribution in [3.05, 3.63) is 70.7 Å². The second kappa shape index (κ2) is 11.8. The minimum atomic E-state index is -5.21. The van der Waals surface area contributed by atoms with Crippen LogP contribution in [0.2, 0.25) is 0 Å². The monoisotopic (exact) mass is 604 g/mol. The van der Waals surface area contributed by atoms with Crippen LogP contribution in [0, 0.1) is 12.7 Å². The molecule has 43 heavy (non-hydrogen) atoms. The lowest BCUT2D eigenvalue weighted by Gasteiger charge is -2.36. The normalized spacial score (nSPS) is 15.6. The first-order valence-electron chi connectivity index (χ1n) is 13.4. The molecule has 1 atom stereocenters. The van der Waals surface area contributed by atoms with Gasteiger partial charge < -0.3 is 25.1 Å². The molecule has 0 spiro atoms. The van der Waals surface area contributed by atoms with E-state index in [1.807, 2.05) is 13.8 Å². The Morgan fingerprint density at radius 2 is 1.84 bits per heavy atom. The molecular formula is C31H32F4N2O6. The van der Waals surface area contributed by atoms with Crippen LogP contribution in [0.4, 0.5) is 17.6 Å². The molecule has 12 heteroatoms. The average Bonchev–Trinajstić information content (AvgIpc) is 2.94. The molecule has 1 amide bonds. The molecule has 4 rings (SSSR count). The minimum absolute atomic E-state index is 0.00297. The van der Waals surface area contributed by atoms with E-state index in [0.29, 0.717) is 24.2 Å². The molecule has 0 fully saturated rings. The van der Waals surface area contributed by atoms with Crippen molar-refractivity contribution in [3.8, 4) is 28.5 Å². The van der Waals surface area contributed by atoms with E-state index in [0.717, 1.165) is 0 Å². The first kappa shape index (κ1) is 31.7. The van der Waals surface area contributed by atoms with Crippen molar-refractivity contribution in [2.45, 2.75) is 57.2 Å². The predicted molar refractivity (Wildman–Crippen MR) is 149 cm³/mol. The van der Waals surface area contributed by atoms with E-state index >= 15 is 0 Å². The number of nitrogens with two attached hydrogens (primary N) is 1. The maximum absolute atomic E-state index is 14.7. The number of amides is 1. The number of fused-ring (bicyclic) bond motifs is 1. The fourth-order valence-electron chi connectivity index (χ4n) is 4.89. The molecule has 1 unspecified atom stereocenters. The van der Waals surface area contributed by atoms with Gasteiger partial charge in [-0.05, 0) is 73.2 Å². The lowest BCUT2D eigenvalue weighted by molar-refractivity contribution is -0.270.